The number of hydrogen-bond acceptors (Lipinski definition) is 5. The Hall–Kier alpha value is -2.06. The van der Waals surface area contributed by atoms with Crippen LogP contribution in [0.4, 0.5) is 17.2 Å². The summed E-state index contributed by atoms with van der Waals surface area (Å²) >= 11 is 0. The van der Waals surface area contributed by atoms with Gasteiger partial charge in [-0.05, 0) is 18.2 Å². The van der Waals surface area contributed by atoms with Crippen LogP contribution in [0.1, 0.15) is 0 Å². The van der Waals surface area contributed by atoms with E-state index in [0.717, 1.165) is 0 Å². The molecule has 1 aromatic heterocycles. The Morgan fingerprint density at radius 1 is 1.33 bits per heavy atom. The Balaban J connectivity index is 2.38. The van der Waals surface area contributed by atoms with Crippen LogP contribution in [0.5, 0.6) is 0 Å². The molecular formula is C10H13N5O2S. The van der Waals surface area contributed by atoms with Crippen molar-refractivity contribution in [1.29, 1.82) is 0 Å². The van der Waals surface area contributed by atoms with E-state index in [2.05, 4.69) is 10.4 Å². The van der Waals surface area contributed by atoms with Gasteiger partial charge in [0.25, 0.3) is 0 Å². The molecule has 8 heteroatoms. The minimum absolute atomic E-state index is 0.00451. The van der Waals surface area contributed by atoms with Crippen LogP contribution >= 0.6 is 0 Å². The highest BCUT2D eigenvalue weighted by molar-refractivity contribution is 7.89. The molecule has 1 heterocycles. The topological polar surface area (TPSA) is 116 Å². The van der Waals surface area contributed by atoms with Crippen LogP contribution in [0.3, 0.4) is 0 Å². The molecular weight excluding hydrogens is 254 g/mol. The van der Waals surface area contributed by atoms with Crippen molar-refractivity contribution in [3.05, 3.63) is 30.5 Å². The van der Waals surface area contributed by atoms with Crippen molar-refractivity contribution in [3.8, 4) is 0 Å². The van der Waals surface area contributed by atoms with Gasteiger partial charge in [-0.2, -0.15) is 5.10 Å². The standard InChI is InChI=1S/C10H13N5O2S/c1-15-5-4-10(14-15)13-9-6-7(18(12,16)17)2-3-8(9)11/h2-6H,11H2,1H3,(H,13,14)(H2,12,16,17). The van der Waals surface area contributed by atoms with Crippen LogP contribution in [0.25, 0.3) is 0 Å². The van der Waals surface area contributed by atoms with Crippen LogP contribution in [-0.2, 0) is 17.1 Å². The Labute approximate surface area is 104 Å². The molecule has 0 aliphatic carbocycles. The predicted molar refractivity (Wildman–Crippen MR) is 68.7 cm³/mol. The maximum absolute atomic E-state index is 11.2. The summed E-state index contributed by atoms with van der Waals surface area (Å²) in [6, 6.07) is 5.95. The number of nitrogens with two attached hydrogens (primary N) is 2. The zero-order valence-electron chi connectivity index (χ0n) is 9.66. The largest absolute Gasteiger partial charge is 0.397 e. The zero-order valence-corrected chi connectivity index (χ0v) is 10.5. The lowest BCUT2D eigenvalue weighted by Crippen LogP contribution is -2.12. The van der Waals surface area contributed by atoms with Crippen LogP contribution < -0.4 is 16.2 Å². The lowest BCUT2D eigenvalue weighted by molar-refractivity contribution is 0.598. The first-order valence-corrected chi connectivity index (χ1v) is 6.60. The molecule has 1 aromatic carbocycles. The van der Waals surface area contributed by atoms with Gasteiger partial charge in [0.15, 0.2) is 5.82 Å². The Bertz CT molecular complexity index is 677. The van der Waals surface area contributed by atoms with E-state index >= 15 is 0 Å². The minimum atomic E-state index is -3.75. The summed E-state index contributed by atoms with van der Waals surface area (Å²) < 4.78 is 24.1. The fraction of sp³-hybridized carbons (Fsp3) is 0.100. The van der Waals surface area contributed by atoms with E-state index in [9.17, 15) is 8.42 Å². The van der Waals surface area contributed by atoms with Gasteiger partial charge in [0, 0.05) is 19.3 Å². The van der Waals surface area contributed by atoms with Crippen molar-refractivity contribution in [1.82, 2.24) is 9.78 Å². The number of nitrogen functional groups attached to an aromatic ring is 1. The van der Waals surface area contributed by atoms with Crippen molar-refractivity contribution in [2.45, 2.75) is 4.90 Å². The molecule has 0 saturated carbocycles. The molecule has 5 N–H and O–H groups in total. The molecule has 0 aliphatic heterocycles. The van der Waals surface area contributed by atoms with Crippen LogP contribution in [0.15, 0.2) is 35.4 Å². The van der Waals surface area contributed by atoms with E-state index in [-0.39, 0.29) is 4.90 Å². The fourth-order valence-corrected chi connectivity index (χ4v) is 1.98. The zero-order chi connectivity index (χ0) is 13.3. The maximum Gasteiger partial charge on any atom is 0.238 e. The summed E-state index contributed by atoms with van der Waals surface area (Å²) in [5.74, 6) is 0.566. The quantitative estimate of drug-likeness (QED) is 0.696. The Morgan fingerprint density at radius 2 is 2.06 bits per heavy atom. The summed E-state index contributed by atoms with van der Waals surface area (Å²) in [6.45, 7) is 0. The van der Waals surface area contributed by atoms with Gasteiger partial charge in [-0.25, -0.2) is 13.6 Å². The van der Waals surface area contributed by atoms with Crippen molar-refractivity contribution < 1.29 is 8.42 Å². The number of benzene rings is 1. The van der Waals surface area contributed by atoms with Crippen molar-refractivity contribution >= 4 is 27.2 Å². The van der Waals surface area contributed by atoms with Gasteiger partial charge < -0.3 is 11.1 Å². The number of nitrogens with one attached hydrogen (secondary N) is 1. The highest BCUT2D eigenvalue weighted by atomic mass is 32.2. The normalized spacial score (nSPS) is 11.4. The SMILES string of the molecule is Cn1ccc(Nc2cc(S(N)(=O)=O)ccc2N)n1. The van der Waals surface area contributed by atoms with Gasteiger partial charge in [-0.1, -0.05) is 0 Å². The molecule has 0 bridgehead atoms. The Kier molecular flexibility index (Phi) is 2.97. The monoisotopic (exact) mass is 267 g/mol. The number of primary sulfonamides is 1. The molecule has 0 spiro atoms. The van der Waals surface area contributed by atoms with Crippen LogP contribution in [0, 0.1) is 0 Å². The van der Waals surface area contributed by atoms with Crippen molar-refractivity contribution in [2.24, 2.45) is 12.2 Å². The third-order valence-electron chi connectivity index (χ3n) is 2.33. The van der Waals surface area contributed by atoms with Gasteiger partial charge in [-0.3, -0.25) is 4.68 Å². The number of nitrogens with zero attached hydrogens (tertiary/aromatic N) is 2. The number of sulfonamides is 1. The van der Waals surface area contributed by atoms with Crippen molar-refractivity contribution in [2.75, 3.05) is 11.1 Å². The maximum atomic E-state index is 11.2. The fourth-order valence-electron chi connectivity index (χ4n) is 1.44. The first-order chi connectivity index (χ1) is 8.36. The second-order valence-electron chi connectivity index (χ2n) is 3.79. The highest BCUT2D eigenvalue weighted by Gasteiger charge is 2.11. The molecule has 18 heavy (non-hydrogen) atoms. The molecule has 0 aliphatic rings. The number of rotatable bonds is 3. The average Bonchev–Trinajstić information content (AvgIpc) is 2.66. The molecule has 0 atom stereocenters. The van der Waals surface area contributed by atoms with Gasteiger partial charge >= 0.3 is 0 Å². The minimum Gasteiger partial charge on any atom is -0.397 e. The summed E-state index contributed by atoms with van der Waals surface area (Å²) in [7, 11) is -1.98. The van der Waals surface area contributed by atoms with E-state index in [1.54, 1.807) is 24.0 Å². The molecule has 0 unspecified atom stereocenters. The lowest BCUT2D eigenvalue weighted by atomic mass is 10.2. The number of aryl methyl sites for hydroxylation is 1. The van der Waals surface area contributed by atoms with Gasteiger partial charge in [0.05, 0.1) is 16.3 Å². The van der Waals surface area contributed by atoms with Crippen LogP contribution in [-0.4, -0.2) is 18.2 Å². The summed E-state index contributed by atoms with van der Waals surface area (Å²) in [5.41, 5.74) is 6.61. The van der Waals surface area contributed by atoms with Gasteiger partial charge in [-0.15, -0.1) is 0 Å². The summed E-state index contributed by atoms with van der Waals surface area (Å²) in [4.78, 5) is -0.00451. The number of hydrogen-bond donors (Lipinski definition) is 3. The average molecular weight is 267 g/mol. The third kappa shape index (κ3) is 2.60. The van der Waals surface area contributed by atoms with E-state index in [4.69, 9.17) is 10.9 Å². The number of anilines is 3. The van der Waals surface area contributed by atoms with Gasteiger partial charge in [0.1, 0.15) is 0 Å². The van der Waals surface area contributed by atoms with Crippen molar-refractivity contribution in [3.63, 3.8) is 0 Å². The molecule has 2 rings (SSSR count). The predicted octanol–water partition coefficient (Wildman–Crippen LogP) is 0.393. The molecule has 0 saturated heterocycles. The molecule has 96 valence electrons. The third-order valence-corrected chi connectivity index (χ3v) is 3.24. The first-order valence-electron chi connectivity index (χ1n) is 5.05. The van der Waals surface area contributed by atoms with E-state index < -0.39 is 10.0 Å². The Morgan fingerprint density at radius 3 is 2.61 bits per heavy atom. The summed E-state index contributed by atoms with van der Waals surface area (Å²) in [5, 5.41) is 12.1. The first kappa shape index (κ1) is 12.4. The smallest absolute Gasteiger partial charge is 0.238 e. The van der Waals surface area contributed by atoms with E-state index in [1.807, 2.05) is 0 Å². The molecule has 0 radical (unpaired) electrons. The molecule has 2 aromatic rings. The molecule has 0 fully saturated rings. The van der Waals surface area contributed by atoms with E-state index in [0.29, 0.717) is 17.2 Å². The lowest BCUT2D eigenvalue weighted by Gasteiger charge is -2.08. The van der Waals surface area contributed by atoms with Gasteiger partial charge in [0.2, 0.25) is 10.0 Å². The second-order valence-corrected chi connectivity index (χ2v) is 5.36. The van der Waals surface area contributed by atoms with E-state index in [1.165, 1.54) is 18.2 Å². The van der Waals surface area contributed by atoms with Crippen LogP contribution in [0.2, 0.25) is 0 Å². The molecule has 7 nitrogen and oxygen atoms in total. The second kappa shape index (κ2) is 4.31. The number of aromatic nitrogens is 2. The molecule has 0 amide bonds. The summed E-state index contributed by atoms with van der Waals surface area (Å²) in [6.07, 6.45) is 1.75. The highest BCUT2D eigenvalue weighted by Crippen LogP contribution is 2.24.